The second-order valence-corrected chi connectivity index (χ2v) is 6.31. The average Bonchev–Trinajstić information content (AvgIpc) is 2.85. The Morgan fingerprint density at radius 2 is 2.26 bits per heavy atom. The quantitative estimate of drug-likeness (QED) is 0.866. The van der Waals surface area contributed by atoms with Crippen LogP contribution in [0, 0.1) is 12.3 Å². The number of carbonyl (C=O) groups excluding carboxylic acids is 1. The molecule has 106 valence electrons. The van der Waals surface area contributed by atoms with Crippen LogP contribution in [0.15, 0.2) is 5.38 Å². The van der Waals surface area contributed by atoms with E-state index in [9.17, 15) is 4.79 Å². The Kier molecular flexibility index (Phi) is 4.93. The minimum Gasteiger partial charge on any atom is -0.355 e. The van der Waals surface area contributed by atoms with Crippen LogP contribution in [0.3, 0.4) is 0 Å². The Bertz CT molecular complexity index is 424. The molecule has 0 radical (unpaired) electrons. The van der Waals surface area contributed by atoms with Gasteiger partial charge in [0.1, 0.15) is 0 Å². The van der Waals surface area contributed by atoms with Gasteiger partial charge in [0.25, 0.3) is 0 Å². The van der Waals surface area contributed by atoms with E-state index in [1.807, 2.05) is 6.92 Å². The first-order chi connectivity index (χ1) is 9.16. The molecule has 1 aromatic rings. The van der Waals surface area contributed by atoms with Gasteiger partial charge in [-0.15, -0.1) is 11.3 Å². The Morgan fingerprint density at radius 3 is 2.84 bits per heavy atom. The summed E-state index contributed by atoms with van der Waals surface area (Å²) in [5, 5.41) is 9.58. The number of carbonyl (C=O) groups is 1. The predicted octanol–water partition coefficient (Wildman–Crippen LogP) is 1.89. The van der Waals surface area contributed by atoms with Crippen molar-refractivity contribution in [3.63, 3.8) is 0 Å². The highest BCUT2D eigenvalue weighted by atomic mass is 32.1. The number of nitrogens with zero attached hydrogens (tertiary/aromatic N) is 1. The Balaban J connectivity index is 1.82. The van der Waals surface area contributed by atoms with E-state index in [-0.39, 0.29) is 11.3 Å². The fourth-order valence-electron chi connectivity index (χ4n) is 2.66. The highest BCUT2D eigenvalue weighted by Crippen LogP contribution is 2.32. The van der Waals surface area contributed by atoms with Crippen molar-refractivity contribution in [2.75, 3.05) is 19.6 Å². The van der Waals surface area contributed by atoms with Gasteiger partial charge in [-0.2, -0.15) is 0 Å². The molecule has 1 aromatic heterocycles. The van der Waals surface area contributed by atoms with E-state index >= 15 is 0 Å². The lowest BCUT2D eigenvalue weighted by Gasteiger charge is -2.35. The lowest BCUT2D eigenvalue weighted by Crippen LogP contribution is -2.47. The number of thiazole rings is 1. The zero-order valence-electron chi connectivity index (χ0n) is 11.8. The minimum atomic E-state index is -0.150. The molecule has 0 aromatic carbocycles. The monoisotopic (exact) mass is 281 g/mol. The molecule has 2 N–H and O–H groups in total. The molecule has 2 rings (SSSR count). The van der Waals surface area contributed by atoms with Crippen LogP contribution in [-0.2, 0) is 11.2 Å². The molecule has 0 aliphatic carbocycles. The first kappa shape index (κ1) is 14.5. The Morgan fingerprint density at radius 1 is 1.53 bits per heavy atom. The molecule has 0 saturated carbocycles. The molecule has 4 nitrogen and oxygen atoms in total. The number of amides is 1. The molecule has 1 aliphatic rings. The van der Waals surface area contributed by atoms with Gasteiger partial charge in [0.05, 0.1) is 16.1 Å². The molecule has 1 aliphatic heterocycles. The summed E-state index contributed by atoms with van der Waals surface area (Å²) in [6, 6.07) is 0. The molecule has 2 heterocycles. The molecule has 0 bridgehead atoms. The van der Waals surface area contributed by atoms with E-state index in [4.69, 9.17) is 0 Å². The summed E-state index contributed by atoms with van der Waals surface area (Å²) in [7, 11) is 0. The van der Waals surface area contributed by atoms with Crippen molar-refractivity contribution >= 4 is 17.2 Å². The van der Waals surface area contributed by atoms with Gasteiger partial charge in [-0.1, -0.05) is 6.92 Å². The molecule has 1 amide bonds. The normalized spacial score (nSPS) is 18.2. The van der Waals surface area contributed by atoms with E-state index in [0.717, 1.165) is 49.5 Å². The van der Waals surface area contributed by atoms with Crippen LogP contribution in [0.4, 0.5) is 0 Å². The van der Waals surface area contributed by atoms with Crippen LogP contribution >= 0.6 is 11.3 Å². The number of piperidine rings is 1. The number of aromatic nitrogens is 1. The van der Waals surface area contributed by atoms with Crippen molar-refractivity contribution in [3.05, 3.63) is 16.1 Å². The standard InChI is InChI=1S/C14H23N3OS/c1-3-14(5-8-15-9-6-14)13(18)16-7-4-12-10-19-11(2)17-12/h10,15H,3-9H2,1-2H3,(H,16,18). The summed E-state index contributed by atoms with van der Waals surface area (Å²) in [6.45, 7) is 6.72. The number of nitrogens with one attached hydrogen (secondary N) is 2. The third kappa shape index (κ3) is 3.54. The maximum atomic E-state index is 12.4. The lowest BCUT2D eigenvalue weighted by atomic mass is 9.76. The van der Waals surface area contributed by atoms with Crippen LogP contribution < -0.4 is 10.6 Å². The summed E-state index contributed by atoms with van der Waals surface area (Å²) in [5.74, 6) is 0.225. The summed E-state index contributed by atoms with van der Waals surface area (Å²) < 4.78 is 0. The largest absolute Gasteiger partial charge is 0.355 e. The second-order valence-electron chi connectivity index (χ2n) is 5.25. The number of hydrogen-bond acceptors (Lipinski definition) is 4. The number of aryl methyl sites for hydroxylation is 1. The smallest absolute Gasteiger partial charge is 0.226 e. The van der Waals surface area contributed by atoms with Crippen molar-refractivity contribution in [2.24, 2.45) is 5.41 Å². The molecule has 1 saturated heterocycles. The summed E-state index contributed by atoms with van der Waals surface area (Å²) >= 11 is 1.66. The average molecular weight is 281 g/mol. The van der Waals surface area contributed by atoms with Crippen molar-refractivity contribution in [1.82, 2.24) is 15.6 Å². The zero-order chi connectivity index (χ0) is 13.7. The fraction of sp³-hybridized carbons (Fsp3) is 0.714. The third-order valence-electron chi connectivity index (χ3n) is 4.05. The number of rotatable bonds is 5. The molecule has 5 heteroatoms. The first-order valence-corrected chi connectivity index (χ1v) is 7.94. The van der Waals surface area contributed by atoms with Gasteiger partial charge in [0.2, 0.25) is 5.91 Å². The van der Waals surface area contributed by atoms with Crippen LogP contribution in [0.25, 0.3) is 0 Å². The molecule has 1 fully saturated rings. The number of hydrogen-bond donors (Lipinski definition) is 2. The van der Waals surface area contributed by atoms with Gasteiger partial charge in [-0.25, -0.2) is 4.98 Å². The minimum absolute atomic E-state index is 0.150. The lowest BCUT2D eigenvalue weighted by molar-refractivity contribution is -0.132. The maximum absolute atomic E-state index is 12.4. The van der Waals surface area contributed by atoms with Crippen LogP contribution in [0.1, 0.15) is 36.9 Å². The molecule has 19 heavy (non-hydrogen) atoms. The maximum Gasteiger partial charge on any atom is 0.226 e. The molecule has 0 spiro atoms. The Labute approximate surface area is 119 Å². The third-order valence-corrected chi connectivity index (χ3v) is 4.87. The summed E-state index contributed by atoms with van der Waals surface area (Å²) in [4.78, 5) is 16.8. The Hall–Kier alpha value is -0.940. The van der Waals surface area contributed by atoms with Crippen LogP contribution in [0.2, 0.25) is 0 Å². The van der Waals surface area contributed by atoms with Gasteiger partial charge in [-0.05, 0) is 39.3 Å². The van der Waals surface area contributed by atoms with Crippen LogP contribution in [0.5, 0.6) is 0 Å². The van der Waals surface area contributed by atoms with E-state index in [1.54, 1.807) is 11.3 Å². The molecular weight excluding hydrogens is 258 g/mol. The van der Waals surface area contributed by atoms with Gasteiger partial charge in [-0.3, -0.25) is 4.79 Å². The van der Waals surface area contributed by atoms with E-state index < -0.39 is 0 Å². The van der Waals surface area contributed by atoms with Gasteiger partial charge < -0.3 is 10.6 Å². The molecule has 0 atom stereocenters. The molecule has 0 unspecified atom stereocenters. The summed E-state index contributed by atoms with van der Waals surface area (Å²) in [5.41, 5.74) is 0.933. The van der Waals surface area contributed by atoms with Crippen molar-refractivity contribution in [2.45, 2.75) is 39.5 Å². The van der Waals surface area contributed by atoms with E-state index in [2.05, 4.69) is 27.9 Å². The zero-order valence-corrected chi connectivity index (χ0v) is 12.6. The fourth-order valence-corrected chi connectivity index (χ4v) is 3.31. The van der Waals surface area contributed by atoms with Crippen molar-refractivity contribution < 1.29 is 4.79 Å². The highest BCUT2D eigenvalue weighted by Gasteiger charge is 2.37. The van der Waals surface area contributed by atoms with Gasteiger partial charge in [0, 0.05) is 18.3 Å². The predicted molar refractivity (Wildman–Crippen MR) is 78.4 cm³/mol. The summed E-state index contributed by atoms with van der Waals surface area (Å²) in [6.07, 6.45) is 3.65. The van der Waals surface area contributed by atoms with E-state index in [1.165, 1.54) is 0 Å². The molecular formula is C14H23N3OS. The van der Waals surface area contributed by atoms with Crippen molar-refractivity contribution in [3.8, 4) is 0 Å². The highest BCUT2D eigenvalue weighted by molar-refractivity contribution is 7.09. The van der Waals surface area contributed by atoms with E-state index in [0.29, 0.717) is 6.54 Å². The van der Waals surface area contributed by atoms with Gasteiger partial charge >= 0.3 is 0 Å². The first-order valence-electron chi connectivity index (χ1n) is 7.06. The SMILES string of the molecule is CCC1(C(=O)NCCc2csc(C)n2)CCNCC1. The second kappa shape index (κ2) is 6.48. The van der Waals surface area contributed by atoms with Gasteiger partial charge in [0.15, 0.2) is 0 Å². The topological polar surface area (TPSA) is 54.0 Å². The van der Waals surface area contributed by atoms with Crippen molar-refractivity contribution in [1.29, 1.82) is 0 Å². The van der Waals surface area contributed by atoms with Crippen LogP contribution in [-0.4, -0.2) is 30.5 Å².